The molecule has 0 saturated heterocycles. The van der Waals surface area contributed by atoms with Crippen LogP contribution in [0.3, 0.4) is 0 Å². The number of hydrogen-bond donors (Lipinski definition) is 0. The minimum atomic E-state index is -0.254. The van der Waals surface area contributed by atoms with Crippen molar-refractivity contribution in [3.8, 4) is 39.9 Å². The molecule has 2 aliphatic rings. The maximum atomic E-state index is 6.70. The first-order valence-corrected chi connectivity index (χ1v) is 20.2. The third kappa shape index (κ3) is 6.68. The summed E-state index contributed by atoms with van der Waals surface area (Å²) >= 11 is 0. The molecule has 0 spiro atoms. The molecule has 6 aromatic carbocycles. The second kappa shape index (κ2) is 15.6. The summed E-state index contributed by atoms with van der Waals surface area (Å²) in [4.78, 5) is 20.5. The molecular weight excluding hydrogens is 737 g/mol. The van der Waals surface area contributed by atoms with E-state index < -0.39 is 0 Å². The van der Waals surface area contributed by atoms with Crippen LogP contribution < -0.4 is 4.74 Å². The van der Waals surface area contributed by atoms with Gasteiger partial charge in [-0.25, -0.2) is 19.9 Å². The Kier molecular flexibility index (Phi) is 9.51. The minimum Gasteiger partial charge on any atom is -0.483 e. The molecule has 6 heteroatoms. The second-order valence-corrected chi connectivity index (χ2v) is 14.9. The monoisotopic (exact) mass is 776 g/mol. The maximum absolute atomic E-state index is 6.70. The average Bonchev–Trinajstić information content (AvgIpc) is 3.93. The molecule has 10 rings (SSSR count). The molecule has 0 N–H and O–H groups in total. The van der Waals surface area contributed by atoms with E-state index in [1.54, 1.807) is 6.08 Å². The quantitative estimate of drug-likeness (QED) is 0.137. The Labute approximate surface area is 349 Å². The number of para-hydroxylation sites is 2. The Morgan fingerprint density at radius 2 is 1.17 bits per heavy atom. The predicted octanol–water partition coefficient (Wildman–Crippen LogP) is 13.0. The van der Waals surface area contributed by atoms with E-state index in [0.717, 1.165) is 78.4 Å². The van der Waals surface area contributed by atoms with Crippen molar-refractivity contribution >= 4 is 27.8 Å². The zero-order chi connectivity index (χ0) is 40.6. The van der Waals surface area contributed by atoms with Gasteiger partial charge in [0.15, 0.2) is 23.6 Å². The second-order valence-electron chi connectivity index (χ2n) is 14.9. The summed E-state index contributed by atoms with van der Waals surface area (Å²) in [5.41, 5.74) is 12.9. The van der Waals surface area contributed by atoms with E-state index in [4.69, 9.17) is 29.1 Å². The van der Waals surface area contributed by atoms with Gasteiger partial charge in [-0.15, -0.1) is 0 Å². The third-order valence-electron chi connectivity index (χ3n) is 11.3. The molecule has 0 amide bonds. The van der Waals surface area contributed by atoms with Gasteiger partial charge in [0.05, 0.1) is 17.3 Å². The molecule has 4 heterocycles. The lowest BCUT2D eigenvalue weighted by Crippen LogP contribution is -2.34. The number of ether oxygens (including phenoxy) is 1. The standard InChI is InChI=1S/C54H40N4O2/c1-4-16-43(47-33-41-21-12-14-23-45(41)59-47)36-25-29-39(30-26-36)53-56-52(38-19-10-7-11-20-38)57-54(58-53)40-31-27-37(28-32-40)50-51-48(44-22-13-15-24-46(44)60-51)34(3)49(55-50)42(5-2)35-17-8-6-9-18-35/h4-33,48,51H,1H2,2-3H3/b42-5-,43-16-. The van der Waals surface area contributed by atoms with Gasteiger partial charge in [-0.05, 0) is 54.3 Å². The van der Waals surface area contributed by atoms with Crippen molar-refractivity contribution in [1.82, 2.24) is 15.0 Å². The number of fused-ring (bicyclic) bond motifs is 4. The molecule has 60 heavy (non-hydrogen) atoms. The van der Waals surface area contributed by atoms with Gasteiger partial charge in [0, 0.05) is 38.8 Å². The van der Waals surface area contributed by atoms with Crippen LogP contribution in [0.15, 0.2) is 209 Å². The Hall–Kier alpha value is -7.70. The molecular formula is C54H40N4O2. The summed E-state index contributed by atoms with van der Waals surface area (Å²) in [6.45, 7) is 8.25. The Morgan fingerprint density at radius 1 is 0.600 bits per heavy atom. The van der Waals surface area contributed by atoms with Crippen LogP contribution in [-0.2, 0) is 0 Å². The molecule has 2 unspecified atom stereocenters. The molecule has 8 aromatic rings. The van der Waals surface area contributed by atoms with Crippen LogP contribution in [-0.4, -0.2) is 26.8 Å². The number of aromatic nitrogens is 3. The highest BCUT2D eigenvalue weighted by atomic mass is 16.5. The fraction of sp³-hybridized carbons (Fsp3) is 0.0741. The summed E-state index contributed by atoms with van der Waals surface area (Å²) in [6, 6.07) is 55.6. The highest BCUT2D eigenvalue weighted by Gasteiger charge is 2.43. The van der Waals surface area contributed by atoms with Crippen LogP contribution in [0.4, 0.5) is 0 Å². The van der Waals surface area contributed by atoms with E-state index in [-0.39, 0.29) is 12.0 Å². The molecule has 0 radical (unpaired) electrons. The molecule has 2 aliphatic heterocycles. The van der Waals surface area contributed by atoms with Gasteiger partial charge in [0.1, 0.15) is 17.1 Å². The summed E-state index contributed by atoms with van der Waals surface area (Å²) in [6.07, 6.45) is 5.67. The Balaban J connectivity index is 1.02. The first kappa shape index (κ1) is 36.6. The minimum absolute atomic E-state index is 0.0370. The van der Waals surface area contributed by atoms with E-state index in [1.165, 1.54) is 11.1 Å². The molecule has 0 fully saturated rings. The van der Waals surface area contributed by atoms with Crippen LogP contribution >= 0.6 is 0 Å². The van der Waals surface area contributed by atoms with Crippen LogP contribution in [0.2, 0.25) is 0 Å². The fourth-order valence-corrected chi connectivity index (χ4v) is 8.36. The van der Waals surface area contributed by atoms with Gasteiger partial charge in [-0.1, -0.05) is 170 Å². The van der Waals surface area contributed by atoms with Crippen LogP contribution in [0, 0.1) is 0 Å². The fourth-order valence-electron chi connectivity index (χ4n) is 8.36. The molecule has 0 aliphatic carbocycles. The number of rotatable bonds is 9. The zero-order valence-corrected chi connectivity index (χ0v) is 33.3. The van der Waals surface area contributed by atoms with Gasteiger partial charge in [0.25, 0.3) is 0 Å². The van der Waals surface area contributed by atoms with Crippen molar-refractivity contribution in [2.75, 3.05) is 0 Å². The summed E-state index contributed by atoms with van der Waals surface area (Å²) < 4.78 is 12.9. The maximum Gasteiger partial charge on any atom is 0.164 e. The van der Waals surface area contributed by atoms with E-state index >= 15 is 0 Å². The van der Waals surface area contributed by atoms with E-state index in [9.17, 15) is 0 Å². The van der Waals surface area contributed by atoms with Crippen LogP contribution in [0.5, 0.6) is 5.75 Å². The smallest absolute Gasteiger partial charge is 0.164 e. The lowest BCUT2D eigenvalue weighted by Gasteiger charge is -2.29. The average molecular weight is 777 g/mol. The Bertz CT molecular complexity index is 3000. The number of allylic oxidation sites excluding steroid dienone is 4. The van der Waals surface area contributed by atoms with Crippen molar-refractivity contribution in [3.05, 3.63) is 228 Å². The lowest BCUT2D eigenvalue weighted by molar-refractivity contribution is 0.283. The molecule has 6 nitrogen and oxygen atoms in total. The first-order valence-electron chi connectivity index (χ1n) is 20.2. The Morgan fingerprint density at radius 3 is 1.83 bits per heavy atom. The molecule has 288 valence electrons. The van der Waals surface area contributed by atoms with Gasteiger partial charge in [0.2, 0.25) is 0 Å². The zero-order valence-electron chi connectivity index (χ0n) is 33.3. The van der Waals surface area contributed by atoms with E-state index in [1.807, 2.05) is 78.9 Å². The largest absolute Gasteiger partial charge is 0.483 e. The molecule has 2 atom stereocenters. The molecule has 0 saturated carbocycles. The van der Waals surface area contributed by atoms with Gasteiger partial charge in [-0.3, -0.25) is 0 Å². The first-order chi connectivity index (χ1) is 29.6. The van der Waals surface area contributed by atoms with Crippen molar-refractivity contribution in [3.63, 3.8) is 0 Å². The topological polar surface area (TPSA) is 73.4 Å². The number of nitrogens with zero attached hydrogens (tertiary/aromatic N) is 4. The SMILES string of the molecule is C=C/C=C(/c1ccc(-c2nc(-c3ccccc3)nc(-c3ccc(C4=NC(/C(=C\C)c5ccccc5)=C(C)C5c6ccccc6OC45)cc3)n2)cc1)c1cc2ccccc2o1. The highest BCUT2D eigenvalue weighted by molar-refractivity contribution is 6.08. The van der Waals surface area contributed by atoms with Crippen molar-refractivity contribution in [2.24, 2.45) is 4.99 Å². The number of furan rings is 1. The summed E-state index contributed by atoms with van der Waals surface area (Å²) in [7, 11) is 0. The lowest BCUT2D eigenvalue weighted by atomic mass is 9.80. The highest BCUT2D eigenvalue weighted by Crippen LogP contribution is 2.49. The molecule has 0 bridgehead atoms. The van der Waals surface area contributed by atoms with E-state index in [2.05, 4.69) is 117 Å². The van der Waals surface area contributed by atoms with Crippen LogP contribution in [0.25, 0.3) is 56.3 Å². The number of aliphatic imine (C=N–C) groups is 1. The van der Waals surface area contributed by atoms with E-state index in [0.29, 0.717) is 17.5 Å². The van der Waals surface area contributed by atoms with Crippen molar-refractivity contribution < 1.29 is 9.15 Å². The molecule has 2 aromatic heterocycles. The van der Waals surface area contributed by atoms with Crippen molar-refractivity contribution in [1.29, 1.82) is 0 Å². The van der Waals surface area contributed by atoms with Gasteiger partial charge < -0.3 is 9.15 Å². The summed E-state index contributed by atoms with van der Waals surface area (Å²) in [5.74, 6) is 3.47. The predicted molar refractivity (Wildman–Crippen MR) is 243 cm³/mol. The number of hydrogen-bond acceptors (Lipinski definition) is 6. The number of benzene rings is 6. The normalized spacial score (nSPS) is 16.3. The van der Waals surface area contributed by atoms with Crippen molar-refractivity contribution in [2.45, 2.75) is 25.9 Å². The van der Waals surface area contributed by atoms with Crippen LogP contribution in [0.1, 0.15) is 47.8 Å². The van der Waals surface area contributed by atoms with Gasteiger partial charge >= 0.3 is 0 Å². The summed E-state index contributed by atoms with van der Waals surface area (Å²) in [5, 5.41) is 1.05. The third-order valence-corrected chi connectivity index (χ3v) is 11.3. The van der Waals surface area contributed by atoms with Gasteiger partial charge in [-0.2, -0.15) is 0 Å².